The number of rotatable bonds is 2. The zero-order valence-corrected chi connectivity index (χ0v) is 21.4. The predicted molar refractivity (Wildman–Crippen MR) is 165 cm³/mol. The van der Waals surface area contributed by atoms with E-state index >= 15 is 0 Å². The summed E-state index contributed by atoms with van der Waals surface area (Å²) in [6, 6.07) is 43.9. The number of fused-ring (bicyclic) bond motifs is 5. The van der Waals surface area contributed by atoms with Gasteiger partial charge in [-0.15, -0.1) is 0 Å². The Labute approximate surface area is 228 Å². The van der Waals surface area contributed by atoms with Crippen LogP contribution in [-0.2, 0) is 0 Å². The molecule has 7 aromatic carbocycles. The minimum atomic E-state index is -0.130. The minimum absolute atomic E-state index is 0.130. The fraction of sp³-hybridized carbons (Fsp3) is 0. The molecule has 0 N–H and O–H groups in total. The molecule has 0 atom stereocenters. The van der Waals surface area contributed by atoms with Crippen LogP contribution in [0.5, 0.6) is 0 Å². The second kappa shape index (κ2) is 7.78. The van der Waals surface area contributed by atoms with Gasteiger partial charge in [-0.25, -0.2) is 14.2 Å². The maximum absolute atomic E-state index is 14.2. The molecule has 0 saturated carbocycles. The molecule has 0 radical (unpaired) electrons. The zero-order valence-electron chi connectivity index (χ0n) is 21.4. The van der Waals surface area contributed by atoms with E-state index in [1.54, 1.807) is 4.40 Å². The van der Waals surface area contributed by atoms with E-state index in [9.17, 15) is 4.79 Å². The Hall–Kier alpha value is -5.48. The van der Waals surface area contributed by atoms with Gasteiger partial charge in [-0.1, -0.05) is 91.0 Å². The van der Waals surface area contributed by atoms with Gasteiger partial charge in [0.05, 0.1) is 22.2 Å². The number of benzene rings is 7. The predicted octanol–water partition coefficient (Wildman–Crippen LogP) is 8.36. The van der Waals surface area contributed by atoms with Crippen molar-refractivity contribution in [3.63, 3.8) is 0 Å². The van der Waals surface area contributed by atoms with E-state index in [2.05, 4.69) is 72.8 Å². The summed E-state index contributed by atoms with van der Waals surface area (Å²) in [5, 5.41) is 8.45. The van der Waals surface area contributed by atoms with Crippen LogP contribution in [0.3, 0.4) is 0 Å². The highest BCUT2D eigenvalue weighted by atomic mass is 16.1. The molecule has 186 valence electrons. The fourth-order valence-corrected chi connectivity index (χ4v) is 6.49. The fourth-order valence-electron chi connectivity index (χ4n) is 6.49. The summed E-state index contributed by atoms with van der Waals surface area (Å²) in [6.45, 7) is 0. The molecule has 40 heavy (non-hydrogen) atoms. The normalized spacial score (nSPS) is 12.1. The average molecular weight is 512 g/mol. The maximum Gasteiger partial charge on any atom is 0.339 e. The molecule has 0 saturated heterocycles. The first-order chi connectivity index (χ1) is 19.8. The van der Waals surface area contributed by atoms with Crippen molar-refractivity contribution in [3.05, 3.63) is 138 Å². The van der Waals surface area contributed by atoms with Gasteiger partial charge in [0.1, 0.15) is 0 Å². The summed E-state index contributed by atoms with van der Waals surface area (Å²) in [6.07, 6.45) is 0. The Bertz CT molecular complexity index is 2490. The van der Waals surface area contributed by atoms with Crippen molar-refractivity contribution >= 4 is 59.9 Å². The SMILES string of the molecule is O=c1n(-c2ccccc2)c2cc(-c3ccc4ccc5cccc6ccc3c4c56)ccc2c2nc3ccccc3n12. The summed E-state index contributed by atoms with van der Waals surface area (Å²) in [4.78, 5) is 19.1. The Balaban J connectivity index is 1.41. The summed E-state index contributed by atoms with van der Waals surface area (Å²) in [7, 11) is 0. The van der Waals surface area contributed by atoms with Crippen molar-refractivity contribution in [1.82, 2.24) is 14.0 Å². The Morgan fingerprint density at radius 2 is 1.25 bits per heavy atom. The van der Waals surface area contributed by atoms with Gasteiger partial charge < -0.3 is 0 Å². The second-order valence-corrected chi connectivity index (χ2v) is 10.4. The van der Waals surface area contributed by atoms with Crippen LogP contribution in [-0.4, -0.2) is 14.0 Å². The van der Waals surface area contributed by atoms with E-state index < -0.39 is 0 Å². The van der Waals surface area contributed by atoms with E-state index in [1.165, 1.54) is 32.3 Å². The first kappa shape index (κ1) is 21.5. The van der Waals surface area contributed by atoms with Crippen molar-refractivity contribution in [2.45, 2.75) is 0 Å². The van der Waals surface area contributed by atoms with Crippen LogP contribution < -0.4 is 5.69 Å². The largest absolute Gasteiger partial charge is 0.339 e. The zero-order chi connectivity index (χ0) is 26.4. The Kier molecular flexibility index (Phi) is 4.17. The molecule has 0 aliphatic rings. The highest BCUT2D eigenvalue weighted by Gasteiger charge is 2.18. The third-order valence-electron chi connectivity index (χ3n) is 8.28. The van der Waals surface area contributed by atoms with Crippen LogP contribution in [0.25, 0.3) is 76.7 Å². The van der Waals surface area contributed by atoms with Gasteiger partial charge in [-0.2, -0.15) is 0 Å². The van der Waals surface area contributed by atoms with Gasteiger partial charge in [0, 0.05) is 5.39 Å². The summed E-state index contributed by atoms with van der Waals surface area (Å²) in [5.74, 6) is 0. The highest BCUT2D eigenvalue weighted by molar-refractivity contribution is 6.25. The number of aromatic nitrogens is 3. The molecule has 0 bridgehead atoms. The molecule has 2 heterocycles. The lowest BCUT2D eigenvalue weighted by Gasteiger charge is -2.16. The molecule has 0 fully saturated rings. The maximum atomic E-state index is 14.2. The van der Waals surface area contributed by atoms with E-state index in [0.29, 0.717) is 5.65 Å². The first-order valence-electron chi connectivity index (χ1n) is 13.4. The van der Waals surface area contributed by atoms with Crippen LogP contribution in [0.15, 0.2) is 132 Å². The van der Waals surface area contributed by atoms with Gasteiger partial charge in [0.2, 0.25) is 0 Å². The minimum Gasteiger partial charge on any atom is -0.262 e. The molecule has 0 aliphatic heterocycles. The topological polar surface area (TPSA) is 39.3 Å². The van der Waals surface area contributed by atoms with Gasteiger partial charge in [0.25, 0.3) is 0 Å². The third-order valence-corrected chi connectivity index (χ3v) is 8.28. The molecular formula is C36H21N3O. The molecule has 2 aromatic heterocycles. The van der Waals surface area contributed by atoms with Crippen LogP contribution in [0.4, 0.5) is 0 Å². The first-order valence-corrected chi connectivity index (χ1v) is 13.4. The number of hydrogen-bond donors (Lipinski definition) is 0. The Morgan fingerprint density at radius 1 is 0.550 bits per heavy atom. The number of para-hydroxylation sites is 3. The molecule has 9 aromatic rings. The van der Waals surface area contributed by atoms with Crippen molar-refractivity contribution in [1.29, 1.82) is 0 Å². The van der Waals surface area contributed by atoms with Crippen LogP contribution in [0.1, 0.15) is 0 Å². The van der Waals surface area contributed by atoms with Gasteiger partial charge in [-0.05, 0) is 79.8 Å². The molecular weight excluding hydrogens is 490 g/mol. The Morgan fingerprint density at radius 3 is 2.10 bits per heavy atom. The molecule has 9 rings (SSSR count). The highest BCUT2D eigenvalue weighted by Crippen LogP contribution is 2.40. The van der Waals surface area contributed by atoms with Gasteiger partial charge in [0.15, 0.2) is 5.65 Å². The third kappa shape index (κ3) is 2.79. The number of imidazole rings is 1. The molecule has 0 spiro atoms. The van der Waals surface area contributed by atoms with E-state index in [1.807, 2.05) is 59.2 Å². The number of hydrogen-bond acceptors (Lipinski definition) is 2. The molecule has 0 unspecified atom stereocenters. The monoisotopic (exact) mass is 511 g/mol. The lowest BCUT2D eigenvalue weighted by atomic mass is 9.89. The van der Waals surface area contributed by atoms with Crippen molar-refractivity contribution < 1.29 is 0 Å². The van der Waals surface area contributed by atoms with Crippen LogP contribution in [0, 0.1) is 0 Å². The summed E-state index contributed by atoms with van der Waals surface area (Å²) < 4.78 is 3.55. The molecule has 4 nitrogen and oxygen atoms in total. The lowest BCUT2D eigenvalue weighted by molar-refractivity contribution is 0.932. The quantitative estimate of drug-likeness (QED) is 0.219. The smallest absolute Gasteiger partial charge is 0.262 e. The molecule has 0 amide bonds. The standard InChI is InChI=1S/C36H21N3O/c40-36-38(26-9-2-1-3-10-26)32-21-25(17-20-29(32)35-37-30-11-4-5-12-31(30)39(35)36)27-18-15-24-14-13-22-7-6-8-23-16-19-28(27)34(24)33(22)23/h1-21H. The van der Waals surface area contributed by atoms with Crippen molar-refractivity contribution in [2.75, 3.05) is 0 Å². The van der Waals surface area contributed by atoms with Crippen LogP contribution >= 0.6 is 0 Å². The average Bonchev–Trinajstić information content (AvgIpc) is 3.40. The number of nitrogens with zero attached hydrogens (tertiary/aromatic N) is 3. The van der Waals surface area contributed by atoms with E-state index in [4.69, 9.17) is 4.98 Å². The molecule has 0 aliphatic carbocycles. The van der Waals surface area contributed by atoms with E-state index in [0.717, 1.165) is 38.8 Å². The van der Waals surface area contributed by atoms with Crippen molar-refractivity contribution in [3.8, 4) is 16.8 Å². The molecule has 4 heteroatoms. The van der Waals surface area contributed by atoms with Crippen molar-refractivity contribution in [2.24, 2.45) is 0 Å². The lowest BCUT2D eigenvalue weighted by Crippen LogP contribution is -2.25. The summed E-state index contributed by atoms with van der Waals surface area (Å²) >= 11 is 0. The second-order valence-electron chi connectivity index (χ2n) is 10.4. The summed E-state index contributed by atoms with van der Waals surface area (Å²) in [5.41, 5.74) is 6.03. The van der Waals surface area contributed by atoms with Crippen LogP contribution in [0.2, 0.25) is 0 Å². The van der Waals surface area contributed by atoms with Gasteiger partial charge >= 0.3 is 5.69 Å². The van der Waals surface area contributed by atoms with E-state index in [-0.39, 0.29) is 5.69 Å². The van der Waals surface area contributed by atoms with Gasteiger partial charge in [-0.3, -0.25) is 4.57 Å².